The quantitative estimate of drug-likeness (QED) is 0.313. The number of halogens is 1. The molecule has 6 rings (SSSR count). The average Bonchev–Trinajstić information content (AvgIpc) is 3.53. The second-order valence-electron chi connectivity index (χ2n) is 10.1. The van der Waals surface area contributed by atoms with Crippen molar-refractivity contribution in [1.29, 1.82) is 0 Å². The van der Waals surface area contributed by atoms with Gasteiger partial charge in [0.1, 0.15) is 11.8 Å². The Morgan fingerprint density at radius 2 is 1.92 bits per heavy atom. The first-order valence-electron chi connectivity index (χ1n) is 13.4. The highest BCUT2D eigenvalue weighted by atomic mass is 35.5. The molecule has 0 radical (unpaired) electrons. The van der Waals surface area contributed by atoms with E-state index in [1.54, 1.807) is 16.2 Å². The summed E-state index contributed by atoms with van der Waals surface area (Å²) in [5.74, 6) is 0.710. The summed E-state index contributed by atoms with van der Waals surface area (Å²) in [5, 5.41) is 2.43. The zero-order chi connectivity index (χ0) is 26.9. The van der Waals surface area contributed by atoms with Gasteiger partial charge in [-0.05, 0) is 61.9 Å². The van der Waals surface area contributed by atoms with E-state index in [-0.39, 0.29) is 12.1 Å². The van der Waals surface area contributed by atoms with E-state index in [0.717, 1.165) is 61.3 Å². The normalized spacial score (nSPS) is 18.3. The maximum absolute atomic E-state index is 13.0. The van der Waals surface area contributed by atoms with E-state index in [4.69, 9.17) is 21.1 Å². The molecule has 1 unspecified atom stereocenters. The maximum Gasteiger partial charge on any atom is 0.410 e. The van der Waals surface area contributed by atoms with E-state index in [0.29, 0.717) is 29.1 Å². The molecule has 2 aromatic carbocycles. The van der Waals surface area contributed by atoms with Crippen molar-refractivity contribution >= 4 is 39.9 Å². The van der Waals surface area contributed by atoms with Crippen molar-refractivity contribution < 1.29 is 14.3 Å². The minimum Gasteiger partial charge on any atom is -0.450 e. The molecule has 1 saturated heterocycles. The van der Waals surface area contributed by atoms with Gasteiger partial charge in [0.05, 0.1) is 6.61 Å². The lowest BCUT2D eigenvalue weighted by molar-refractivity contribution is 0.0932. The van der Waals surface area contributed by atoms with Crippen molar-refractivity contribution in [2.24, 2.45) is 0 Å². The molecule has 0 spiro atoms. The Labute approximate surface area is 237 Å². The fourth-order valence-electron chi connectivity index (χ4n) is 5.47. The third kappa shape index (κ3) is 5.49. The topological polar surface area (TPSA) is 73.9 Å². The van der Waals surface area contributed by atoms with E-state index in [2.05, 4.69) is 26.8 Å². The Kier molecular flexibility index (Phi) is 7.49. The highest BCUT2D eigenvalue weighted by Gasteiger charge is 2.35. The van der Waals surface area contributed by atoms with Crippen LogP contribution in [0.15, 0.2) is 48.7 Å². The van der Waals surface area contributed by atoms with Gasteiger partial charge in [-0.15, -0.1) is 0 Å². The van der Waals surface area contributed by atoms with Crippen LogP contribution in [0.4, 0.5) is 4.79 Å². The van der Waals surface area contributed by atoms with Crippen LogP contribution in [0.2, 0.25) is 5.02 Å². The van der Waals surface area contributed by atoms with Crippen molar-refractivity contribution in [1.82, 2.24) is 24.7 Å². The minimum absolute atomic E-state index is 0.303. The summed E-state index contributed by atoms with van der Waals surface area (Å²) in [4.78, 5) is 28.8. The van der Waals surface area contributed by atoms with E-state index in [1.807, 2.05) is 55.6 Å². The lowest BCUT2D eigenvalue weighted by Crippen LogP contribution is -2.43. The Bertz CT molecular complexity index is 1460. The molecule has 1 atom stereocenters. The Hall–Kier alpha value is -3.11. The van der Waals surface area contributed by atoms with Crippen LogP contribution in [0.25, 0.3) is 10.9 Å². The zero-order valence-corrected chi connectivity index (χ0v) is 23.7. The summed E-state index contributed by atoms with van der Waals surface area (Å²) < 4.78 is 11.5. The molecule has 39 heavy (non-hydrogen) atoms. The first-order valence-corrected chi connectivity index (χ1v) is 14.5. The Morgan fingerprint density at radius 3 is 2.69 bits per heavy atom. The lowest BCUT2D eigenvalue weighted by Gasteiger charge is -2.35. The van der Waals surface area contributed by atoms with Gasteiger partial charge >= 0.3 is 6.09 Å². The summed E-state index contributed by atoms with van der Waals surface area (Å²) in [7, 11) is 2.17. The fourth-order valence-corrected chi connectivity index (χ4v) is 6.46. The number of carbonyl (C=O) groups excluding carboxylic acids is 1. The van der Waals surface area contributed by atoms with Crippen molar-refractivity contribution in [3.05, 3.63) is 75.4 Å². The minimum atomic E-state index is -0.319. The highest BCUT2D eigenvalue weighted by Crippen LogP contribution is 2.40. The molecule has 2 aromatic heterocycles. The summed E-state index contributed by atoms with van der Waals surface area (Å²) in [6, 6.07) is 13.5. The first-order chi connectivity index (χ1) is 19.0. The summed E-state index contributed by atoms with van der Waals surface area (Å²) >= 11 is 7.90. The average molecular weight is 566 g/mol. The number of carbonyl (C=O) groups is 1. The number of aromatic amines is 1. The number of aromatic nitrogens is 2. The number of hydrogen-bond acceptors (Lipinski definition) is 7. The third-order valence-electron chi connectivity index (χ3n) is 7.50. The number of likely N-dealkylation sites (N-methyl/N-ethyl adjacent to an activating group) is 1. The fraction of sp³-hybridized carbons (Fsp3) is 0.379. The number of nitrogens with one attached hydrogen (secondary N) is 1. The molecule has 0 bridgehead atoms. The number of ether oxygens (including phenoxy) is 2. The Morgan fingerprint density at radius 1 is 1.13 bits per heavy atom. The molecule has 0 saturated carbocycles. The molecular formula is C29H32ClN5O3S. The van der Waals surface area contributed by atoms with E-state index >= 15 is 0 Å². The van der Waals surface area contributed by atoms with E-state index in [1.165, 1.54) is 10.4 Å². The maximum atomic E-state index is 13.0. The molecular weight excluding hydrogens is 534 g/mol. The molecule has 2 aliphatic heterocycles. The van der Waals surface area contributed by atoms with E-state index < -0.39 is 0 Å². The molecule has 10 heteroatoms. The van der Waals surface area contributed by atoms with Crippen LogP contribution in [0.1, 0.15) is 34.7 Å². The number of piperazine rings is 1. The van der Waals surface area contributed by atoms with Gasteiger partial charge < -0.3 is 19.4 Å². The van der Waals surface area contributed by atoms with Crippen molar-refractivity contribution in [3.63, 3.8) is 0 Å². The van der Waals surface area contributed by atoms with Gasteiger partial charge in [-0.25, -0.2) is 9.78 Å². The van der Waals surface area contributed by atoms with Gasteiger partial charge in [-0.3, -0.25) is 9.80 Å². The highest BCUT2D eigenvalue weighted by molar-refractivity contribution is 7.13. The molecule has 0 aliphatic carbocycles. The summed E-state index contributed by atoms with van der Waals surface area (Å²) in [5.41, 5.74) is 4.17. The summed E-state index contributed by atoms with van der Waals surface area (Å²) in [6.07, 6.45) is 2.32. The molecule has 8 nitrogen and oxygen atoms in total. The third-order valence-corrected chi connectivity index (χ3v) is 8.60. The second-order valence-corrected chi connectivity index (χ2v) is 11.6. The molecule has 1 N–H and O–H groups in total. The number of benzene rings is 2. The molecule has 1 amide bonds. The van der Waals surface area contributed by atoms with Crippen LogP contribution in [0.3, 0.4) is 0 Å². The number of nitrogens with zero attached hydrogens (tertiary/aromatic N) is 4. The van der Waals surface area contributed by atoms with E-state index in [9.17, 15) is 4.79 Å². The SMILES string of the molecule is CCOC(=O)N1CCc2c([nH]c3ccc(Cl)cc23)C1c1ccc(Oc2ncc(CN3CCN(C)CC3)s2)cc1. The molecule has 1 fully saturated rings. The monoisotopic (exact) mass is 565 g/mol. The molecule has 2 aliphatic rings. The lowest BCUT2D eigenvalue weighted by atomic mass is 9.92. The van der Waals surface area contributed by atoms with Crippen molar-refractivity contribution in [2.75, 3.05) is 46.4 Å². The standard InChI is InChI=1S/C29H32ClN5O3S/c1-3-37-29(36)35-11-10-23-24-16-20(30)6-9-25(24)32-26(23)27(35)19-4-7-21(8-5-19)38-28-31-17-22(39-28)18-34-14-12-33(2)13-15-34/h4-9,16-17,27,32H,3,10-15,18H2,1-2H3. The number of fused-ring (bicyclic) bond motifs is 3. The summed E-state index contributed by atoms with van der Waals surface area (Å²) in [6.45, 7) is 7.94. The largest absolute Gasteiger partial charge is 0.450 e. The van der Waals surface area contributed by atoms with Gasteiger partial charge in [-0.1, -0.05) is 35.1 Å². The number of rotatable bonds is 6. The number of thiazole rings is 1. The molecule has 4 heterocycles. The molecule has 4 aromatic rings. The van der Waals surface area contributed by atoms with Gasteiger partial charge in [0, 0.05) is 72.0 Å². The van der Waals surface area contributed by atoms with Crippen LogP contribution in [0.5, 0.6) is 10.9 Å². The number of H-pyrrole nitrogens is 1. The predicted octanol–water partition coefficient (Wildman–Crippen LogP) is 5.92. The van der Waals surface area contributed by atoms with Crippen LogP contribution in [-0.2, 0) is 17.7 Å². The smallest absolute Gasteiger partial charge is 0.410 e. The van der Waals surface area contributed by atoms with Gasteiger partial charge in [-0.2, -0.15) is 0 Å². The van der Waals surface area contributed by atoms with Crippen LogP contribution in [0, 0.1) is 0 Å². The molecule has 204 valence electrons. The van der Waals surface area contributed by atoms with Gasteiger partial charge in [0.2, 0.25) is 0 Å². The van der Waals surface area contributed by atoms with Gasteiger partial charge in [0.15, 0.2) is 0 Å². The van der Waals surface area contributed by atoms with Crippen LogP contribution in [-0.4, -0.2) is 77.1 Å². The van der Waals surface area contributed by atoms with Gasteiger partial charge in [0.25, 0.3) is 5.19 Å². The van der Waals surface area contributed by atoms with Crippen LogP contribution >= 0.6 is 22.9 Å². The zero-order valence-electron chi connectivity index (χ0n) is 22.2. The Balaban J connectivity index is 1.22. The van der Waals surface area contributed by atoms with Crippen molar-refractivity contribution in [2.45, 2.75) is 25.9 Å². The predicted molar refractivity (Wildman–Crippen MR) is 154 cm³/mol. The second kappa shape index (κ2) is 11.2. The first kappa shape index (κ1) is 26.1. The number of hydrogen-bond donors (Lipinski definition) is 1. The number of amides is 1. The van der Waals surface area contributed by atoms with Crippen LogP contribution < -0.4 is 4.74 Å². The van der Waals surface area contributed by atoms with Crippen molar-refractivity contribution in [3.8, 4) is 10.9 Å².